The van der Waals surface area contributed by atoms with Gasteiger partial charge in [0.2, 0.25) is 10.0 Å². The Morgan fingerprint density at radius 2 is 2.10 bits per heavy atom. The van der Waals surface area contributed by atoms with E-state index in [1.165, 1.54) is 19.2 Å². The minimum Gasteiger partial charge on any atom is -0.381 e. The van der Waals surface area contributed by atoms with Crippen LogP contribution in [0.1, 0.15) is 25.3 Å². The van der Waals surface area contributed by atoms with Crippen LogP contribution in [0.15, 0.2) is 23.1 Å². The molecule has 2 N–H and O–H groups in total. The average Bonchev–Trinajstić information content (AvgIpc) is 2.43. The minimum absolute atomic E-state index is 0.309. The summed E-state index contributed by atoms with van der Waals surface area (Å²) in [6.07, 6.45) is 2.34. The maximum Gasteiger partial charge on any atom is 0.240 e. The van der Waals surface area contributed by atoms with E-state index in [1.807, 2.05) is 24.8 Å². The Hall–Kier alpha value is -0.720. The molecule has 2 rings (SSSR count). The van der Waals surface area contributed by atoms with Crippen molar-refractivity contribution in [3.8, 4) is 0 Å². The van der Waals surface area contributed by atoms with Gasteiger partial charge in [-0.3, -0.25) is 0 Å². The molecule has 20 heavy (non-hydrogen) atoms. The van der Waals surface area contributed by atoms with Gasteiger partial charge in [0.05, 0.1) is 4.90 Å². The van der Waals surface area contributed by atoms with Gasteiger partial charge in [0.15, 0.2) is 0 Å². The fourth-order valence-corrected chi connectivity index (χ4v) is 4.25. The molecule has 1 aromatic rings. The number of aryl methyl sites for hydroxylation is 1. The second kappa shape index (κ2) is 6.37. The van der Waals surface area contributed by atoms with Crippen molar-refractivity contribution in [1.29, 1.82) is 0 Å². The number of thioether (sulfide) groups is 1. The third-order valence-corrected chi connectivity index (χ3v) is 6.53. The first-order chi connectivity index (χ1) is 9.44. The number of rotatable bonds is 4. The first kappa shape index (κ1) is 15.7. The number of sulfonamides is 1. The highest BCUT2D eigenvalue weighted by atomic mass is 32.2. The maximum atomic E-state index is 11.9. The summed E-state index contributed by atoms with van der Waals surface area (Å²) in [6.45, 7) is 4.23. The van der Waals surface area contributed by atoms with Gasteiger partial charge in [-0.15, -0.1) is 0 Å². The summed E-state index contributed by atoms with van der Waals surface area (Å²) in [6, 6.07) is 5.63. The molecule has 0 aromatic heterocycles. The SMILES string of the molecule is CNS(=O)(=O)c1ccc(C)c(NC2CCCSC2C)c1. The second-order valence-corrected chi connectivity index (χ2v) is 8.52. The van der Waals surface area contributed by atoms with Gasteiger partial charge in [-0.05, 0) is 50.3 Å². The molecule has 1 heterocycles. The lowest BCUT2D eigenvalue weighted by molar-refractivity contribution is 0.588. The molecular formula is C14H22N2O2S2. The lowest BCUT2D eigenvalue weighted by atomic mass is 10.1. The molecule has 112 valence electrons. The molecular weight excluding hydrogens is 292 g/mol. The molecule has 0 saturated carbocycles. The highest BCUT2D eigenvalue weighted by Crippen LogP contribution is 2.29. The molecule has 0 amide bonds. The molecule has 1 aliphatic heterocycles. The van der Waals surface area contributed by atoms with Crippen LogP contribution in [-0.4, -0.2) is 32.5 Å². The summed E-state index contributed by atoms with van der Waals surface area (Å²) in [4.78, 5) is 0.309. The van der Waals surface area contributed by atoms with Crippen LogP contribution in [0.2, 0.25) is 0 Å². The number of benzene rings is 1. The van der Waals surface area contributed by atoms with Crippen molar-refractivity contribution in [3.05, 3.63) is 23.8 Å². The molecule has 1 fully saturated rings. The van der Waals surface area contributed by atoms with E-state index in [2.05, 4.69) is 17.0 Å². The van der Waals surface area contributed by atoms with Crippen LogP contribution in [-0.2, 0) is 10.0 Å². The highest BCUT2D eigenvalue weighted by molar-refractivity contribution is 8.00. The predicted octanol–water partition coefficient (Wildman–Crippen LogP) is 2.60. The summed E-state index contributed by atoms with van der Waals surface area (Å²) in [7, 11) is -1.95. The van der Waals surface area contributed by atoms with Crippen LogP contribution in [0.3, 0.4) is 0 Å². The van der Waals surface area contributed by atoms with E-state index in [0.717, 1.165) is 17.7 Å². The zero-order chi connectivity index (χ0) is 14.8. The summed E-state index contributed by atoms with van der Waals surface area (Å²) in [5.74, 6) is 1.21. The number of hydrogen-bond acceptors (Lipinski definition) is 4. The van der Waals surface area contributed by atoms with Gasteiger partial charge in [-0.25, -0.2) is 13.1 Å². The lowest BCUT2D eigenvalue weighted by Gasteiger charge is -2.30. The predicted molar refractivity (Wildman–Crippen MR) is 86.0 cm³/mol. The maximum absolute atomic E-state index is 11.9. The fraction of sp³-hybridized carbons (Fsp3) is 0.571. The summed E-state index contributed by atoms with van der Waals surface area (Å²) >= 11 is 1.97. The monoisotopic (exact) mass is 314 g/mol. The quantitative estimate of drug-likeness (QED) is 0.897. The molecule has 4 nitrogen and oxygen atoms in total. The molecule has 1 aliphatic rings. The van der Waals surface area contributed by atoms with Crippen LogP contribution in [0.5, 0.6) is 0 Å². The van der Waals surface area contributed by atoms with Gasteiger partial charge < -0.3 is 5.32 Å². The van der Waals surface area contributed by atoms with Crippen LogP contribution in [0, 0.1) is 6.92 Å². The van der Waals surface area contributed by atoms with E-state index >= 15 is 0 Å². The smallest absolute Gasteiger partial charge is 0.240 e. The molecule has 6 heteroatoms. The Labute approximate surface area is 125 Å². The van der Waals surface area contributed by atoms with E-state index in [-0.39, 0.29) is 0 Å². The minimum atomic E-state index is -3.39. The van der Waals surface area contributed by atoms with Crippen molar-refractivity contribution in [2.45, 2.75) is 42.9 Å². The molecule has 1 aromatic carbocycles. The zero-order valence-corrected chi connectivity index (χ0v) is 13.8. The van der Waals surface area contributed by atoms with E-state index in [9.17, 15) is 8.42 Å². The molecule has 0 radical (unpaired) electrons. The first-order valence-electron chi connectivity index (χ1n) is 6.86. The third kappa shape index (κ3) is 3.48. The topological polar surface area (TPSA) is 58.2 Å². The van der Waals surface area contributed by atoms with Gasteiger partial charge in [-0.1, -0.05) is 13.0 Å². The first-order valence-corrected chi connectivity index (χ1v) is 9.39. The standard InChI is InChI=1S/C14H22N2O2S2/c1-10-6-7-12(20(17,18)15-3)9-14(10)16-13-5-4-8-19-11(13)2/h6-7,9,11,13,15-16H,4-5,8H2,1-3H3. The van der Waals surface area contributed by atoms with Crippen LogP contribution < -0.4 is 10.0 Å². The molecule has 2 atom stereocenters. The Morgan fingerprint density at radius 1 is 1.35 bits per heavy atom. The zero-order valence-electron chi connectivity index (χ0n) is 12.1. The van der Waals surface area contributed by atoms with Crippen molar-refractivity contribution in [1.82, 2.24) is 4.72 Å². The van der Waals surface area contributed by atoms with Crippen LogP contribution in [0.25, 0.3) is 0 Å². The molecule has 0 spiro atoms. The number of hydrogen-bond donors (Lipinski definition) is 2. The van der Waals surface area contributed by atoms with Gasteiger partial charge >= 0.3 is 0 Å². The van der Waals surface area contributed by atoms with E-state index in [4.69, 9.17) is 0 Å². The largest absolute Gasteiger partial charge is 0.381 e. The molecule has 0 aliphatic carbocycles. The Bertz CT molecular complexity index is 573. The third-order valence-electron chi connectivity index (χ3n) is 3.74. The van der Waals surface area contributed by atoms with Crippen molar-refractivity contribution in [2.24, 2.45) is 0 Å². The van der Waals surface area contributed by atoms with Crippen molar-refractivity contribution in [3.63, 3.8) is 0 Å². The Morgan fingerprint density at radius 3 is 2.75 bits per heavy atom. The van der Waals surface area contributed by atoms with E-state index < -0.39 is 10.0 Å². The average molecular weight is 314 g/mol. The second-order valence-electron chi connectivity index (χ2n) is 5.15. The summed E-state index contributed by atoms with van der Waals surface area (Å²) < 4.78 is 26.1. The molecule has 1 saturated heterocycles. The van der Waals surface area contributed by atoms with Crippen molar-refractivity contribution in [2.75, 3.05) is 18.1 Å². The molecule has 0 bridgehead atoms. The fourth-order valence-electron chi connectivity index (χ4n) is 2.35. The number of nitrogens with one attached hydrogen (secondary N) is 2. The van der Waals surface area contributed by atoms with Crippen LogP contribution in [0.4, 0.5) is 5.69 Å². The van der Waals surface area contributed by atoms with Crippen molar-refractivity contribution < 1.29 is 8.42 Å². The van der Waals surface area contributed by atoms with Gasteiger partial charge in [0.1, 0.15) is 0 Å². The Balaban J connectivity index is 2.25. The Kier molecular flexibility index (Phi) is 4.99. The number of anilines is 1. The van der Waals surface area contributed by atoms with Crippen molar-refractivity contribution >= 4 is 27.5 Å². The van der Waals surface area contributed by atoms with E-state index in [0.29, 0.717) is 16.2 Å². The van der Waals surface area contributed by atoms with Crippen LogP contribution >= 0.6 is 11.8 Å². The lowest BCUT2D eigenvalue weighted by Crippen LogP contribution is -2.33. The van der Waals surface area contributed by atoms with Gasteiger partial charge in [-0.2, -0.15) is 11.8 Å². The summed E-state index contributed by atoms with van der Waals surface area (Å²) in [5.41, 5.74) is 1.99. The van der Waals surface area contributed by atoms with E-state index in [1.54, 1.807) is 12.1 Å². The summed E-state index contributed by atoms with van der Waals surface area (Å²) in [5, 5.41) is 4.07. The molecule has 2 unspecified atom stereocenters. The van der Waals surface area contributed by atoms with Gasteiger partial charge in [0, 0.05) is 17.0 Å². The highest BCUT2D eigenvalue weighted by Gasteiger charge is 2.22. The van der Waals surface area contributed by atoms with Gasteiger partial charge in [0.25, 0.3) is 0 Å². The normalized spacial score (nSPS) is 23.6.